The molecule has 0 bridgehead atoms. The third-order valence-electron chi connectivity index (χ3n) is 11.6. The lowest BCUT2D eigenvalue weighted by Gasteiger charge is -2.59. The fourth-order valence-electron chi connectivity index (χ4n) is 9.14. The summed E-state index contributed by atoms with van der Waals surface area (Å²) in [5, 5.41) is 24.7. The van der Waals surface area contributed by atoms with Crippen molar-refractivity contribution in [1.29, 1.82) is 0 Å². The molecule has 12 heteroatoms. The van der Waals surface area contributed by atoms with Crippen LogP contribution in [0.15, 0.2) is 76.8 Å². The van der Waals surface area contributed by atoms with Crippen LogP contribution in [-0.2, 0) is 19.0 Å². The monoisotopic (exact) mass is 792 g/mol. The van der Waals surface area contributed by atoms with Gasteiger partial charge in [-0.1, -0.05) is 37.1 Å². The Morgan fingerprint density at radius 3 is 2.52 bits per heavy atom. The molecule has 2 aliphatic carbocycles. The predicted molar refractivity (Wildman–Crippen MR) is 217 cm³/mol. The quantitative estimate of drug-likeness (QED) is 0.0617. The summed E-state index contributed by atoms with van der Waals surface area (Å²) >= 11 is 1.68. The highest BCUT2D eigenvalue weighted by Gasteiger charge is 2.65. The largest absolute Gasteiger partial charge is 0.459 e. The van der Waals surface area contributed by atoms with Gasteiger partial charge in [-0.2, -0.15) is 0 Å². The summed E-state index contributed by atoms with van der Waals surface area (Å²) in [7, 11) is 1.40. The van der Waals surface area contributed by atoms with E-state index in [0.717, 1.165) is 72.4 Å². The van der Waals surface area contributed by atoms with Gasteiger partial charge in [-0.3, -0.25) is 4.90 Å². The molecule has 1 saturated carbocycles. The lowest BCUT2D eigenvalue weighted by atomic mass is 9.55. The van der Waals surface area contributed by atoms with Crippen LogP contribution in [-0.4, -0.2) is 91.4 Å². The molecule has 4 aliphatic rings. The zero-order valence-corrected chi connectivity index (χ0v) is 34.1. The van der Waals surface area contributed by atoms with Crippen LogP contribution in [0.25, 0.3) is 0 Å². The summed E-state index contributed by atoms with van der Waals surface area (Å²) in [6.07, 6.45) is 13.7. The second-order valence-electron chi connectivity index (χ2n) is 15.1. The van der Waals surface area contributed by atoms with Crippen molar-refractivity contribution in [2.75, 3.05) is 46.3 Å². The molecule has 2 aliphatic heterocycles. The maximum Gasteiger partial charge on any atom is 0.409 e. The summed E-state index contributed by atoms with van der Waals surface area (Å²) in [6, 6.07) is 13.4. The molecule has 56 heavy (non-hydrogen) atoms. The van der Waals surface area contributed by atoms with Gasteiger partial charge in [-0.05, 0) is 111 Å². The number of amides is 1. The molecule has 0 spiro atoms. The number of unbranched alkanes of at least 4 members (excludes halogenated alkanes) is 2. The van der Waals surface area contributed by atoms with Crippen LogP contribution in [0.5, 0.6) is 17.2 Å². The Kier molecular flexibility index (Phi) is 15.2. The number of benzene rings is 2. The minimum Gasteiger partial charge on any atom is -0.459 e. The number of rotatable bonds is 19. The number of hydrogen-bond donors (Lipinski definition) is 2. The van der Waals surface area contributed by atoms with Gasteiger partial charge < -0.3 is 38.7 Å². The van der Waals surface area contributed by atoms with Crippen molar-refractivity contribution in [3.8, 4) is 17.2 Å². The Morgan fingerprint density at radius 1 is 1.07 bits per heavy atom. The lowest BCUT2D eigenvalue weighted by molar-refractivity contribution is -0.255. The number of allylic oxidation sites excluding steroid dienone is 1. The van der Waals surface area contributed by atoms with Crippen molar-refractivity contribution < 1.29 is 43.5 Å². The van der Waals surface area contributed by atoms with E-state index >= 15 is 0 Å². The van der Waals surface area contributed by atoms with E-state index in [1.807, 2.05) is 49.6 Å². The van der Waals surface area contributed by atoms with Crippen molar-refractivity contribution in [3.63, 3.8) is 0 Å². The van der Waals surface area contributed by atoms with Gasteiger partial charge in [0.05, 0.1) is 32.0 Å². The van der Waals surface area contributed by atoms with Gasteiger partial charge >= 0.3 is 6.09 Å². The number of nitrogens with zero attached hydrogens (tertiary/aromatic N) is 2. The summed E-state index contributed by atoms with van der Waals surface area (Å²) in [6.45, 7) is 7.50. The van der Waals surface area contributed by atoms with Crippen LogP contribution in [0.1, 0.15) is 89.0 Å². The molecule has 2 aromatic carbocycles. The molecule has 2 heterocycles. The summed E-state index contributed by atoms with van der Waals surface area (Å²) < 4.78 is 32.1. The lowest BCUT2D eigenvalue weighted by Crippen LogP contribution is -2.70. The van der Waals surface area contributed by atoms with Gasteiger partial charge in [0.1, 0.15) is 23.3 Å². The fourth-order valence-corrected chi connectivity index (χ4v) is 9.55. The Balaban J connectivity index is 1.56. The number of oxime groups is 1. The number of fused-ring (bicyclic) bond motifs is 2. The van der Waals surface area contributed by atoms with Gasteiger partial charge in [0.25, 0.3) is 0 Å². The molecule has 1 amide bonds. The summed E-state index contributed by atoms with van der Waals surface area (Å²) in [5.41, 5.74) is 2.70. The minimum absolute atomic E-state index is 0.0970. The van der Waals surface area contributed by atoms with E-state index in [4.69, 9.17) is 33.7 Å². The third kappa shape index (κ3) is 9.26. The number of carbonyl (C=O) groups is 1. The second-order valence-corrected chi connectivity index (χ2v) is 16.0. The van der Waals surface area contributed by atoms with E-state index in [9.17, 15) is 15.0 Å². The Labute approximate surface area is 336 Å². The minimum atomic E-state index is -1.34. The topological polar surface area (TPSA) is 129 Å². The first kappa shape index (κ1) is 42.1. The summed E-state index contributed by atoms with van der Waals surface area (Å²) in [4.78, 5) is 22.9. The normalized spacial score (nSPS) is 27.3. The first-order chi connectivity index (χ1) is 27.4. The zero-order chi connectivity index (χ0) is 39.5. The van der Waals surface area contributed by atoms with Crippen molar-refractivity contribution in [2.45, 2.75) is 106 Å². The average Bonchev–Trinajstić information content (AvgIpc) is 3.23. The predicted octanol–water partition coefficient (Wildman–Crippen LogP) is 8.84. The molecule has 11 nitrogen and oxygen atoms in total. The average molecular weight is 793 g/mol. The number of hydrogen-bond acceptors (Lipinski definition) is 11. The maximum absolute atomic E-state index is 13.8. The molecule has 1 saturated heterocycles. The third-order valence-corrected chi connectivity index (χ3v) is 12.4. The van der Waals surface area contributed by atoms with Crippen molar-refractivity contribution in [3.05, 3.63) is 72.3 Å². The van der Waals surface area contributed by atoms with Crippen LogP contribution in [0, 0.1) is 17.8 Å². The van der Waals surface area contributed by atoms with Gasteiger partial charge in [0.15, 0.2) is 0 Å². The molecule has 0 radical (unpaired) electrons. The van der Waals surface area contributed by atoms with E-state index in [-0.39, 0.29) is 37.6 Å². The Bertz CT molecular complexity index is 1660. The number of ether oxygens (including phenoxy) is 5. The van der Waals surface area contributed by atoms with Crippen LogP contribution >= 0.6 is 11.8 Å². The smallest absolute Gasteiger partial charge is 0.409 e. The highest BCUT2D eigenvalue weighted by Crippen LogP contribution is 2.62. The molecule has 0 aromatic heterocycles. The standard InChI is InChI=1S/C44H60N2O9S/c1-5-22-46(43(49)50-3)39-29-37(45-55-40-15-9-12-26-51-40)35-27-30(13-7-10-23-47)34(14-8-11-24-48)41-36-28-32(53-31-16-19-33(56-4)20-17-31)18-21-38(36)54-44(39,42(35)41)52-25-6-2/h6,16-21,27-28,30,34,39-42,47-48H,2,5,7-15,22-26,29H2,1,3-4H3. The molecule has 2 N–H and O–H groups in total. The van der Waals surface area contributed by atoms with Crippen molar-refractivity contribution in [1.82, 2.24) is 4.90 Å². The van der Waals surface area contributed by atoms with Gasteiger partial charge in [-0.25, -0.2) is 4.79 Å². The number of methoxy groups -OCH3 is 1. The SMILES string of the molecule is C=CCOC12Oc3ccc(Oc4ccc(SC)cc4)cc3C3C(CCCCO)C(CCCCO)C=C(C(=NOC4CCCCO4)CC1N(CCC)C(=O)OC)C32. The molecule has 2 aromatic rings. The van der Waals surface area contributed by atoms with E-state index in [1.165, 1.54) is 7.11 Å². The Morgan fingerprint density at radius 2 is 1.84 bits per heavy atom. The highest BCUT2D eigenvalue weighted by atomic mass is 32.2. The van der Waals surface area contributed by atoms with Crippen LogP contribution in [0.2, 0.25) is 0 Å². The van der Waals surface area contributed by atoms with E-state index in [0.29, 0.717) is 50.3 Å². The van der Waals surface area contributed by atoms with Crippen LogP contribution in [0.3, 0.4) is 0 Å². The van der Waals surface area contributed by atoms with E-state index in [1.54, 1.807) is 22.7 Å². The number of aliphatic hydroxyl groups excluding tert-OH is 2. The van der Waals surface area contributed by atoms with Crippen molar-refractivity contribution in [2.24, 2.45) is 22.9 Å². The maximum atomic E-state index is 13.8. The number of thioether (sulfide) groups is 1. The molecular weight excluding hydrogens is 733 g/mol. The highest BCUT2D eigenvalue weighted by molar-refractivity contribution is 7.98. The Hall–Kier alpha value is -3.55. The molecule has 6 rings (SSSR count). The molecule has 7 atom stereocenters. The first-order valence-corrected chi connectivity index (χ1v) is 21.7. The van der Waals surface area contributed by atoms with E-state index < -0.39 is 30.1 Å². The zero-order valence-electron chi connectivity index (χ0n) is 33.2. The van der Waals surface area contributed by atoms with Gasteiger partial charge in [-0.15, -0.1) is 18.3 Å². The van der Waals surface area contributed by atoms with Crippen LogP contribution in [0.4, 0.5) is 4.79 Å². The van der Waals surface area contributed by atoms with Crippen LogP contribution < -0.4 is 9.47 Å². The van der Waals surface area contributed by atoms with Gasteiger partial charge in [0.2, 0.25) is 12.1 Å². The second kappa shape index (κ2) is 20.2. The number of carbonyl (C=O) groups excluding carboxylic acids is 1. The molecular formula is C44H60N2O9S. The molecule has 7 unspecified atom stereocenters. The van der Waals surface area contributed by atoms with Crippen molar-refractivity contribution >= 4 is 23.6 Å². The van der Waals surface area contributed by atoms with Gasteiger partial charge in [0, 0.05) is 49.0 Å². The molecule has 306 valence electrons. The molecule has 2 fully saturated rings. The first-order valence-electron chi connectivity index (χ1n) is 20.4. The fraction of sp³-hybridized carbons (Fsp3) is 0.591. The number of aliphatic hydroxyl groups is 2. The summed E-state index contributed by atoms with van der Waals surface area (Å²) in [5.74, 6) is 0.372. The van der Waals surface area contributed by atoms with E-state index in [2.05, 4.69) is 18.7 Å².